The molecule has 4 nitrogen and oxygen atoms in total. The highest BCUT2D eigenvalue weighted by Crippen LogP contribution is 2.19. The number of amides is 1. The van der Waals surface area contributed by atoms with E-state index in [1.807, 2.05) is 7.05 Å². The Morgan fingerprint density at radius 3 is 2.83 bits per heavy atom. The molecule has 0 saturated carbocycles. The fraction of sp³-hybridized carbons (Fsp3) is 0.538. The molecular weight excluding hydrogens is 294 g/mol. The summed E-state index contributed by atoms with van der Waals surface area (Å²) in [7, 11) is 3.60. The third-order valence-corrected chi connectivity index (χ3v) is 3.20. The zero-order chi connectivity index (χ0) is 13.5. The molecule has 1 heterocycles. The monoisotopic (exact) mass is 313 g/mol. The highest BCUT2D eigenvalue weighted by atomic mass is 79.9. The number of carbonyl (C=O) groups is 1. The molecule has 0 spiro atoms. The Labute approximate surface area is 117 Å². The first-order chi connectivity index (χ1) is 8.60. The number of hydrogen-bond donors (Lipinski definition) is 1. The van der Waals surface area contributed by atoms with Crippen LogP contribution < -0.4 is 5.32 Å². The van der Waals surface area contributed by atoms with E-state index in [4.69, 9.17) is 0 Å². The van der Waals surface area contributed by atoms with Crippen molar-refractivity contribution in [2.75, 3.05) is 26.0 Å². The standard InChI is InChI=1S/C13H20BrN3O/c1-4-5-6-7-17(3)13(18)11-8-10(14)9-16-12(11)15-2/h8-9H,4-7H2,1-3H3,(H,15,16). The fourth-order valence-corrected chi connectivity index (χ4v) is 2.04. The van der Waals surface area contributed by atoms with E-state index in [-0.39, 0.29) is 5.91 Å². The summed E-state index contributed by atoms with van der Waals surface area (Å²) < 4.78 is 0.812. The second-order valence-electron chi connectivity index (χ2n) is 4.23. The third kappa shape index (κ3) is 3.98. The number of carbonyl (C=O) groups excluding carboxylic acids is 1. The van der Waals surface area contributed by atoms with Crippen molar-refractivity contribution in [3.8, 4) is 0 Å². The summed E-state index contributed by atoms with van der Waals surface area (Å²) >= 11 is 3.35. The van der Waals surface area contributed by atoms with Crippen molar-refractivity contribution >= 4 is 27.7 Å². The molecule has 100 valence electrons. The van der Waals surface area contributed by atoms with Gasteiger partial charge in [0.1, 0.15) is 5.82 Å². The lowest BCUT2D eigenvalue weighted by Gasteiger charge is -2.18. The van der Waals surface area contributed by atoms with E-state index in [0.29, 0.717) is 11.4 Å². The summed E-state index contributed by atoms with van der Waals surface area (Å²) in [5, 5.41) is 2.95. The molecule has 0 fully saturated rings. The number of hydrogen-bond acceptors (Lipinski definition) is 3. The molecule has 1 rings (SSSR count). The number of nitrogens with one attached hydrogen (secondary N) is 1. The van der Waals surface area contributed by atoms with Crippen molar-refractivity contribution < 1.29 is 4.79 Å². The first-order valence-electron chi connectivity index (χ1n) is 6.19. The van der Waals surface area contributed by atoms with Gasteiger partial charge in [-0.1, -0.05) is 19.8 Å². The quantitative estimate of drug-likeness (QED) is 0.821. The highest BCUT2D eigenvalue weighted by molar-refractivity contribution is 9.10. The molecular formula is C13H20BrN3O. The highest BCUT2D eigenvalue weighted by Gasteiger charge is 2.16. The van der Waals surface area contributed by atoms with E-state index in [1.54, 1.807) is 24.2 Å². The summed E-state index contributed by atoms with van der Waals surface area (Å²) in [6, 6.07) is 1.80. The number of anilines is 1. The minimum atomic E-state index is 0.00394. The minimum absolute atomic E-state index is 0.00394. The van der Waals surface area contributed by atoms with Gasteiger partial charge in [0, 0.05) is 31.3 Å². The maximum absolute atomic E-state index is 12.3. The average molecular weight is 314 g/mol. The van der Waals surface area contributed by atoms with Crippen molar-refractivity contribution in [3.63, 3.8) is 0 Å². The first kappa shape index (κ1) is 15.0. The van der Waals surface area contributed by atoms with Gasteiger partial charge in [-0.05, 0) is 28.4 Å². The van der Waals surface area contributed by atoms with Crippen molar-refractivity contribution in [1.82, 2.24) is 9.88 Å². The van der Waals surface area contributed by atoms with Gasteiger partial charge in [0.25, 0.3) is 5.91 Å². The number of aromatic nitrogens is 1. The Kier molecular flexibility index (Phi) is 6.12. The third-order valence-electron chi connectivity index (χ3n) is 2.77. The van der Waals surface area contributed by atoms with E-state index in [1.165, 1.54) is 0 Å². The van der Waals surface area contributed by atoms with Gasteiger partial charge >= 0.3 is 0 Å². The van der Waals surface area contributed by atoms with Crippen LogP contribution in [-0.4, -0.2) is 36.4 Å². The van der Waals surface area contributed by atoms with Crippen molar-refractivity contribution in [1.29, 1.82) is 0 Å². The van der Waals surface area contributed by atoms with Crippen molar-refractivity contribution in [3.05, 3.63) is 22.3 Å². The minimum Gasteiger partial charge on any atom is -0.372 e. The van der Waals surface area contributed by atoms with Crippen LogP contribution in [0, 0.1) is 0 Å². The molecule has 0 aliphatic carbocycles. The van der Waals surface area contributed by atoms with E-state index in [0.717, 1.165) is 30.3 Å². The van der Waals surface area contributed by atoms with Gasteiger partial charge in [-0.2, -0.15) is 0 Å². The van der Waals surface area contributed by atoms with Gasteiger partial charge in [-0.3, -0.25) is 4.79 Å². The Morgan fingerprint density at radius 2 is 2.22 bits per heavy atom. The van der Waals surface area contributed by atoms with Crippen LogP contribution in [0.3, 0.4) is 0 Å². The van der Waals surface area contributed by atoms with Gasteiger partial charge < -0.3 is 10.2 Å². The smallest absolute Gasteiger partial charge is 0.257 e. The largest absolute Gasteiger partial charge is 0.372 e. The van der Waals surface area contributed by atoms with E-state index in [9.17, 15) is 4.79 Å². The molecule has 0 saturated heterocycles. The molecule has 1 aromatic rings. The SMILES string of the molecule is CCCCCN(C)C(=O)c1cc(Br)cnc1NC. The average Bonchev–Trinajstić information content (AvgIpc) is 2.38. The van der Waals surface area contributed by atoms with Crippen LogP contribution in [-0.2, 0) is 0 Å². The summed E-state index contributed by atoms with van der Waals surface area (Å²) in [6.07, 6.45) is 5.02. The van der Waals surface area contributed by atoms with E-state index < -0.39 is 0 Å². The molecule has 5 heteroatoms. The van der Waals surface area contributed by atoms with Crippen LogP contribution >= 0.6 is 15.9 Å². The number of nitrogens with zero attached hydrogens (tertiary/aromatic N) is 2. The van der Waals surface area contributed by atoms with Gasteiger partial charge in [-0.15, -0.1) is 0 Å². The molecule has 1 amide bonds. The molecule has 0 aliphatic heterocycles. The molecule has 1 aromatic heterocycles. The van der Waals surface area contributed by atoms with E-state index in [2.05, 4.69) is 33.2 Å². The second-order valence-corrected chi connectivity index (χ2v) is 5.15. The molecule has 1 N–H and O–H groups in total. The lowest BCUT2D eigenvalue weighted by Crippen LogP contribution is -2.28. The molecule has 18 heavy (non-hydrogen) atoms. The van der Waals surface area contributed by atoms with Crippen LogP contribution in [0.25, 0.3) is 0 Å². The van der Waals surface area contributed by atoms with Crippen LogP contribution in [0.1, 0.15) is 36.5 Å². The molecule has 0 radical (unpaired) electrons. The van der Waals surface area contributed by atoms with Crippen LogP contribution in [0.5, 0.6) is 0 Å². The zero-order valence-corrected chi connectivity index (χ0v) is 12.7. The zero-order valence-electron chi connectivity index (χ0n) is 11.2. The molecule has 0 atom stereocenters. The van der Waals surface area contributed by atoms with E-state index >= 15 is 0 Å². The second kappa shape index (κ2) is 7.36. The van der Waals surface area contributed by atoms with Gasteiger partial charge in [0.2, 0.25) is 0 Å². The first-order valence-corrected chi connectivity index (χ1v) is 6.98. The molecule has 0 bridgehead atoms. The molecule has 0 unspecified atom stereocenters. The summed E-state index contributed by atoms with van der Waals surface area (Å²) in [5.41, 5.74) is 0.603. The normalized spacial score (nSPS) is 10.2. The maximum atomic E-state index is 12.3. The lowest BCUT2D eigenvalue weighted by atomic mass is 10.2. The Balaban J connectivity index is 2.79. The maximum Gasteiger partial charge on any atom is 0.257 e. The lowest BCUT2D eigenvalue weighted by molar-refractivity contribution is 0.0793. The predicted molar refractivity (Wildman–Crippen MR) is 78.0 cm³/mol. The van der Waals surface area contributed by atoms with Gasteiger partial charge in [-0.25, -0.2) is 4.98 Å². The Hall–Kier alpha value is -1.10. The van der Waals surface area contributed by atoms with Crippen molar-refractivity contribution in [2.24, 2.45) is 0 Å². The summed E-state index contributed by atoms with van der Waals surface area (Å²) in [6.45, 7) is 2.93. The Bertz CT molecular complexity index is 409. The van der Waals surface area contributed by atoms with Gasteiger partial charge in [0.05, 0.1) is 5.56 Å². The Morgan fingerprint density at radius 1 is 1.50 bits per heavy atom. The summed E-state index contributed by atoms with van der Waals surface area (Å²) in [5.74, 6) is 0.620. The van der Waals surface area contributed by atoms with Crippen LogP contribution in [0.15, 0.2) is 16.7 Å². The van der Waals surface area contributed by atoms with Crippen LogP contribution in [0.4, 0.5) is 5.82 Å². The van der Waals surface area contributed by atoms with Gasteiger partial charge in [0.15, 0.2) is 0 Å². The number of pyridine rings is 1. The number of rotatable bonds is 6. The number of unbranched alkanes of at least 4 members (excludes halogenated alkanes) is 2. The topological polar surface area (TPSA) is 45.2 Å². The fourth-order valence-electron chi connectivity index (χ4n) is 1.71. The molecule has 0 aromatic carbocycles. The molecule has 0 aliphatic rings. The summed E-state index contributed by atoms with van der Waals surface area (Å²) in [4.78, 5) is 18.2. The number of halogens is 1. The predicted octanol–water partition coefficient (Wildman–Crippen LogP) is 3.15. The van der Waals surface area contributed by atoms with Crippen LogP contribution in [0.2, 0.25) is 0 Å². The van der Waals surface area contributed by atoms with Crippen molar-refractivity contribution in [2.45, 2.75) is 26.2 Å².